The highest BCUT2D eigenvalue weighted by molar-refractivity contribution is 5.46. The largest absolute Gasteiger partial charge is 0.496 e. The van der Waals surface area contributed by atoms with E-state index in [0.717, 1.165) is 31.2 Å². The molecule has 1 saturated carbocycles. The summed E-state index contributed by atoms with van der Waals surface area (Å²) in [5.74, 6) is 0.436. The van der Waals surface area contributed by atoms with Gasteiger partial charge in [-0.2, -0.15) is 0 Å². The summed E-state index contributed by atoms with van der Waals surface area (Å²) in [5, 5.41) is 0. The van der Waals surface area contributed by atoms with Gasteiger partial charge in [-0.1, -0.05) is 19.3 Å². The predicted molar refractivity (Wildman–Crippen MR) is 73.3 cm³/mol. The van der Waals surface area contributed by atoms with Gasteiger partial charge in [0.15, 0.2) is 11.6 Å². The maximum atomic E-state index is 13.8. The van der Waals surface area contributed by atoms with E-state index in [0.29, 0.717) is 12.3 Å². The van der Waals surface area contributed by atoms with Crippen molar-refractivity contribution in [2.45, 2.75) is 37.5 Å². The minimum absolute atomic E-state index is 0.107. The lowest BCUT2D eigenvalue weighted by Crippen LogP contribution is -2.37. The third-order valence-electron chi connectivity index (χ3n) is 4.25. The molecule has 2 rings (SSSR count). The van der Waals surface area contributed by atoms with E-state index in [4.69, 9.17) is 15.2 Å². The van der Waals surface area contributed by atoms with Crippen LogP contribution in [0.25, 0.3) is 0 Å². The van der Waals surface area contributed by atoms with Gasteiger partial charge in [-0.15, -0.1) is 0 Å². The zero-order valence-corrected chi connectivity index (χ0v) is 11.7. The van der Waals surface area contributed by atoms with E-state index in [1.165, 1.54) is 19.6 Å². The average molecular weight is 267 g/mol. The second kappa shape index (κ2) is 5.78. The Hall–Kier alpha value is -1.29. The van der Waals surface area contributed by atoms with E-state index in [9.17, 15) is 4.39 Å². The van der Waals surface area contributed by atoms with E-state index in [-0.39, 0.29) is 11.2 Å². The second-order valence-corrected chi connectivity index (χ2v) is 5.23. The lowest BCUT2D eigenvalue weighted by atomic mass is 9.69. The Morgan fingerprint density at radius 1 is 1.11 bits per heavy atom. The van der Waals surface area contributed by atoms with Crippen molar-refractivity contribution in [2.75, 3.05) is 20.8 Å². The molecule has 0 aromatic heterocycles. The first-order chi connectivity index (χ1) is 9.16. The summed E-state index contributed by atoms with van der Waals surface area (Å²) in [5.41, 5.74) is 6.91. The van der Waals surface area contributed by atoms with Gasteiger partial charge in [0, 0.05) is 23.6 Å². The normalized spacial score (nSPS) is 18.1. The van der Waals surface area contributed by atoms with Gasteiger partial charge in [0.1, 0.15) is 5.75 Å². The van der Waals surface area contributed by atoms with Gasteiger partial charge in [0.25, 0.3) is 0 Å². The van der Waals surface area contributed by atoms with Crippen LogP contribution in [-0.2, 0) is 5.41 Å². The molecule has 4 heteroatoms. The number of rotatable bonds is 4. The Balaban J connectivity index is 2.51. The highest BCUT2D eigenvalue weighted by atomic mass is 19.1. The second-order valence-electron chi connectivity index (χ2n) is 5.23. The molecule has 1 aliphatic carbocycles. The van der Waals surface area contributed by atoms with Gasteiger partial charge in [0.2, 0.25) is 0 Å². The first-order valence-corrected chi connectivity index (χ1v) is 6.79. The molecule has 106 valence electrons. The molecule has 3 nitrogen and oxygen atoms in total. The molecule has 0 heterocycles. The molecule has 0 bridgehead atoms. The number of hydrogen-bond acceptors (Lipinski definition) is 3. The number of halogens is 1. The van der Waals surface area contributed by atoms with Crippen molar-refractivity contribution in [3.05, 3.63) is 23.5 Å². The lowest BCUT2D eigenvalue weighted by Gasteiger charge is -2.37. The van der Waals surface area contributed by atoms with E-state index >= 15 is 0 Å². The van der Waals surface area contributed by atoms with E-state index in [1.807, 2.05) is 0 Å². The molecule has 2 N–H and O–H groups in total. The summed E-state index contributed by atoms with van der Waals surface area (Å²) in [6, 6.07) is 3.16. The van der Waals surface area contributed by atoms with Crippen LogP contribution in [-0.4, -0.2) is 20.8 Å². The molecule has 0 spiro atoms. The molecule has 1 aromatic rings. The number of ether oxygens (including phenoxy) is 2. The Kier molecular flexibility index (Phi) is 4.30. The van der Waals surface area contributed by atoms with Crippen LogP contribution in [0.5, 0.6) is 11.5 Å². The summed E-state index contributed by atoms with van der Waals surface area (Å²) in [7, 11) is 3.04. The summed E-state index contributed by atoms with van der Waals surface area (Å²) in [6.45, 7) is 0.554. The van der Waals surface area contributed by atoms with Crippen LogP contribution in [0, 0.1) is 5.82 Å². The van der Waals surface area contributed by atoms with Gasteiger partial charge in [-0.05, 0) is 18.9 Å². The first kappa shape index (κ1) is 14.1. The minimum Gasteiger partial charge on any atom is -0.496 e. The third-order valence-corrected chi connectivity index (χ3v) is 4.25. The minimum atomic E-state index is -0.397. The van der Waals surface area contributed by atoms with Crippen LogP contribution in [0.15, 0.2) is 12.1 Å². The van der Waals surface area contributed by atoms with Crippen molar-refractivity contribution >= 4 is 0 Å². The molecule has 0 saturated heterocycles. The number of nitrogens with two attached hydrogens (primary N) is 1. The fourth-order valence-corrected chi connectivity index (χ4v) is 3.09. The van der Waals surface area contributed by atoms with Crippen LogP contribution in [0.4, 0.5) is 4.39 Å². The summed E-state index contributed by atoms with van der Waals surface area (Å²) in [4.78, 5) is 0. The quantitative estimate of drug-likeness (QED) is 0.912. The molecule has 1 aliphatic rings. The van der Waals surface area contributed by atoms with Crippen LogP contribution in [0.2, 0.25) is 0 Å². The zero-order valence-electron chi connectivity index (χ0n) is 11.7. The van der Waals surface area contributed by atoms with Crippen LogP contribution in [0.1, 0.15) is 37.7 Å². The fraction of sp³-hybridized carbons (Fsp3) is 0.600. The van der Waals surface area contributed by atoms with Gasteiger partial charge in [0.05, 0.1) is 14.2 Å². The zero-order chi connectivity index (χ0) is 13.9. The van der Waals surface area contributed by atoms with Crippen LogP contribution < -0.4 is 15.2 Å². The summed E-state index contributed by atoms with van der Waals surface area (Å²) in [6.07, 6.45) is 5.59. The lowest BCUT2D eigenvalue weighted by molar-refractivity contribution is 0.284. The molecular weight excluding hydrogens is 245 g/mol. The van der Waals surface area contributed by atoms with Crippen molar-refractivity contribution < 1.29 is 13.9 Å². The summed E-state index contributed by atoms with van der Waals surface area (Å²) < 4.78 is 24.2. The smallest absolute Gasteiger partial charge is 0.168 e. The molecule has 1 aromatic carbocycles. The first-order valence-electron chi connectivity index (χ1n) is 6.79. The van der Waals surface area contributed by atoms with Crippen LogP contribution in [0.3, 0.4) is 0 Å². The predicted octanol–water partition coefficient (Wildman–Crippen LogP) is 3.00. The monoisotopic (exact) mass is 267 g/mol. The Morgan fingerprint density at radius 2 is 1.74 bits per heavy atom. The van der Waals surface area contributed by atoms with Crippen LogP contribution >= 0.6 is 0 Å². The topological polar surface area (TPSA) is 44.5 Å². The molecule has 1 fully saturated rings. The third kappa shape index (κ3) is 2.54. The number of hydrogen-bond donors (Lipinski definition) is 1. The van der Waals surface area contributed by atoms with Crippen molar-refractivity contribution in [1.82, 2.24) is 0 Å². The highest BCUT2D eigenvalue weighted by Gasteiger charge is 2.35. The van der Waals surface area contributed by atoms with Gasteiger partial charge in [-0.3, -0.25) is 0 Å². The number of benzene rings is 1. The highest BCUT2D eigenvalue weighted by Crippen LogP contribution is 2.44. The molecule has 0 radical (unpaired) electrons. The standard InChI is InChI=1S/C15H22FNO2/c1-18-13-9-12(16)14(19-2)8-11(13)15(10-17)6-4-3-5-7-15/h8-9H,3-7,10,17H2,1-2H3. The van der Waals surface area contributed by atoms with Gasteiger partial charge in [-0.25, -0.2) is 4.39 Å². The maximum Gasteiger partial charge on any atom is 0.168 e. The molecular formula is C15H22FNO2. The molecule has 0 aliphatic heterocycles. The van der Waals surface area contributed by atoms with Gasteiger partial charge < -0.3 is 15.2 Å². The molecule has 0 atom stereocenters. The number of methoxy groups -OCH3 is 2. The average Bonchev–Trinajstić information content (AvgIpc) is 2.47. The van der Waals surface area contributed by atoms with Crippen molar-refractivity contribution in [3.8, 4) is 11.5 Å². The van der Waals surface area contributed by atoms with Crippen molar-refractivity contribution in [3.63, 3.8) is 0 Å². The molecule has 19 heavy (non-hydrogen) atoms. The Morgan fingerprint density at radius 3 is 2.26 bits per heavy atom. The van der Waals surface area contributed by atoms with E-state index in [2.05, 4.69) is 0 Å². The van der Waals surface area contributed by atoms with Crippen molar-refractivity contribution in [2.24, 2.45) is 5.73 Å². The SMILES string of the molecule is COc1cc(C2(CN)CCCCC2)c(OC)cc1F. The molecule has 0 amide bonds. The van der Waals surface area contributed by atoms with E-state index in [1.54, 1.807) is 13.2 Å². The maximum absolute atomic E-state index is 13.8. The summed E-state index contributed by atoms with van der Waals surface area (Å²) >= 11 is 0. The van der Waals surface area contributed by atoms with E-state index < -0.39 is 5.82 Å². The Labute approximate surface area is 113 Å². The fourth-order valence-electron chi connectivity index (χ4n) is 3.09. The van der Waals surface area contributed by atoms with Crippen molar-refractivity contribution in [1.29, 1.82) is 0 Å². The Bertz CT molecular complexity index is 442. The van der Waals surface area contributed by atoms with Gasteiger partial charge >= 0.3 is 0 Å². The molecule has 0 unspecified atom stereocenters.